The molecule has 0 atom stereocenters. The summed E-state index contributed by atoms with van der Waals surface area (Å²) in [4.78, 5) is 10.6. The number of aryl methyl sites for hydroxylation is 1. The van der Waals surface area contributed by atoms with Crippen molar-refractivity contribution in [1.82, 2.24) is 9.97 Å². The molecule has 1 heterocycles. The fourth-order valence-electron chi connectivity index (χ4n) is 3.98. The number of hydrogen-bond donors (Lipinski definition) is 1. The van der Waals surface area contributed by atoms with Gasteiger partial charge in [-0.1, -0.05) is 62.0 Å². The molecule has 3 rings (SSSR count). The quantitative estimate of drug-likeness (QED) is 0.131. The molecule has 0 aliphatic carbocycles. The van der Waals surface area contributed by atoms with Crippen LogP contribution in [-0.4, -0.2) is 55.5 Å². The number of unbranched alkanes of at least 4 members (excludes halogenated alkanes) is 2. The first kappa shape index (κ1) is 42.1. The van der Waals surface area contributed by atoms with E-state index in [1.807, 2.05) is 0 Å². The van der Waals surface area contributed by atoms with Gasteiger partial charge in [0.15, 0.2) is 5.82 Å². The standard InChI is InChI=1S/C27H34Cl2N6O6S2.2Na/c1-4-6-14-35(15-7-5-2)27-31-18(3)25(34-33-23-16-22(29)24(17-21(23)28)43(39,40)41)26(32-27)30-13-12-19-8-10-20(11-9-19)42(36,37)38;;/h8-11,16-17H,4-7,12-15H2,1-3H3,(H,30,31,32)(H,36,37,38)(H,39,40,41);;/q;2*+1/p-2. The molecule has 3 aromatic rings. The van der Waals surface area contributed by atoms with Crippen molar-refractivity contribution in [3.05, 3.63) is 57.7 Å². The maximum atomic E-state index is 11.4. The van der Waals surface area contributed by atoms with Crippen LogP contribution in [0, 0.1) is 6.92 Å². The Balaban J connectivity index is 0.00000506. The Morgan fingerprint density at radius 3 is 2.00 bits per heavy atom. The second-order valence-electron chi connectivity index (χ2n) is 9.66. The number of azo groups is 1. The van der Waals surface area contributed by atoms with Crippen LogP contribution in [0.5, 0.6) is 0 Å². The van der Waals surface area contributed by atoms with Gasteiger partial charge in [0.25, 0.3) is 0 Å². The van der Waals surface area contributed by atoms with E-state index in [0.717, 1.165) is 56.5 Å². The Morgan fingerprint density at radius 2 is 1.47 bits per heavy atom. The fourth-order valence-corrected chi connectivity index (χ4v) is 5.72. The number of anilines is 2. The molecule has 2 aromatic carbocycles. The van der Waals surface area contributed by atoms with E-state index in [-0.39, 0.29) is 79.7 Å². The largest absolute Gasteiger partial charge is 1.00 e. The summed E-state index contributed by atoms with van der Waals surface area (Å²) in [7, 11) is -9.38. The molecule has 0 bridgehead atoms. The van der Waals surface area contributed by atoms with Crippen LogP contribution in [0.1, 0.15) is 50.8 Å². The van der Waals surface area contributed by atoms with Crippen LogP contribution in [-0.2, 0) is 26.7 Å². The third kappa shape index (κ3) is 12.6. The first-order chi connectivity index (χ1) is 20.2. The molecule has 45 heavy (non-hydrogen) atoms. The van der Waals surface area contributed by atoms with E-state index in [1.54, 1.807) is 19.1 Å². The van der Waals surface area contributed by atoms with Crippen molar-refractivity contribution in [1.29, 1.82) is 0 Å². The number of nitrogens with zero attached hydrogens (tertiary/aromatic N) is 5. The molecular formula is C27H32Cl2N6Na2O6S2. The molecule has 0 saturated carbocycles. The van der Waals surface area contributed by atoms with Crippen LogP contribution in [0.4, 0.5) is 23.1 Å². The first-order valence-corrected chi connectivity index (χ1v) is 17.1. The fraction of sp³-hybridized carbons (Fsp3) is 0.407. The normalized spacial score (nSPS) is 11.6. The average Bonchev–Trinajstić information content (AvgIpc) is 2.93. The summed E-state index contributed by atoms with van der Waals surface area (Å²) in [6, 6.07) is 7.73. The van der Waals surface area contributed by atoms with E-state index in [1.165, 1.54) is 12.1 Å². The van der Waals surface area contributed by atoms with Gasteiger partial charge in [-0.25, -0.2) is 21.8 Å². The molecule has 234 valence electrons. The van der Waals surface area contributed by atoms with Gasteiger partial charge < -0.3 is 19.3 Å². The van der Waals surface area contributed by atoms with Crippen molar-refractivity contribution >= 4 is 66.6 Å². The number of halogens is 2. The minimum atomic E-state index is -4.84. The summed E-state index contributed by atoms with van der Waals surface area (Å²) in [5.74, 6) is 0.904. The summed E-state index contributed by atoms with van der Waals surface area (Å²) < 4.78 is 68.0. The number of rotatable bonds is 15. The molecule has 1 N–H and O–H groups in total. The molecule has 0 amide bonds. The van der Waals surface area contributed by atoms with E-state index in [2.05, 4.69) is 34.3 Å². The van der Waals surface area contributed by atoms with E-state index >= 15 is 0 Å². The van der Waals surface area contributed by atoms with Gasteiger partial charge in [-0.15, -0.1) is 10.2 Å². The Kier molecular flexibility index (Phi) is 18.0. The monoisotopic (exact) mass is 716 g/mol. The Morgan fingerprint density at radius 1 is 0.867 bits per heavy atom. The smallest absolute Gasteiger partial charge is 0.744 e. The summed E-state index contributed by atoms with van der Waals surface area (Å²) >= 11 is 12.2. The molecule has 1 aromatic heterocycles. The van der Waals surface area contributed by atoms with E-state index < -0.39 is 25.1 Å². The maximum absolute atomic E-state index is 11.4. The molecule has 0 saturated heterocycles. The third-order valence-electron chi connectivity index (χ3n) is 6.34. The predicted molar refractivity (Wildman–Crippen MR) is 164 cm³/mol. The molecule has 0 aliphatic heterocycles. The van der Waals surface area contributed by atoms with E-state index in [4.69, 9.17) is 33.2 Å². The summed E-state index contributed by atoms with van der Waals surface area (Å²) in [5, 5.41) is 11.2. The SMILES string of the molecule is CCCCN(CCCC)c1nc(C)c(N=Nc2cc(Cl)c(S(=O)(=O)[O-])cc2Cl)c(NCCc2ccc(S(=O)(=O)[O-])cc2)n1.[Na+].[Na+]. The second kappa shape index (κ2) is 19.2. The van der Waals surface area contributed by atoms with Crippen LogP contribution in [0.15, 0.2) is 56.4 Å². The molecule has 0 fully saturated rings. The Labute approximate surface area is 318 Å². The number of hydrogen-bond acceptors (Lipinski definition) is 12. The van der Waals surface area contributed by atoms with Gasteiger partial charge in [0.1, 0.15) is 31.6 Å². The Hall–Kier alpha value is -0.880. The predicted octanol–water partition coefficient (Wildman–Crippen LogP) is 0.385. The minimum absolute atomic E-state index is 0. The van der Waals surface area contributed by atoms with E-state index in [9.17, 15) is 25.9 Å². The van der Waals surface area contributed by atoms with Gasteiger partial charge in [0, 0.05) is 19.6 Å². The zero-order chi connectivity index (χ0) is 31.8. The van der Waals surface area contributed by atoms with Crippen LogP contribution in [0.25, 0.3) is 0 Å². The number of benzene rings is 2. The van der Waals surface area contributed by atoms with Crippen molar-refractivity contribution in [3.8, 4) is 0 Å². The molecule has 0 spiro atoms. The summed E-state index contributed by atoms with van der Waals surface area (Å²) in [6.45, 7) is 7.88. The van der Waals surface area contributed by atoms with Gasteiger partial charge in [-0.3, -0.25) is 0 Å². The van der Waals surface area contributed by atoms with Crippen LogP contribution < -0.4 is 69.3 Å². The molecule has 12 nitrogen and oxygen atoms in total. The van der Waals surface area contributed by atoms with Crippen molar-refractivity contribution in [3.63, 3.8) is 0 Å². The number of nitrogens with one attached hydrogen (secondary N) is 1. The average molecular weight is 718 g/mol. The van der Waals surface area contributed by atoms with Crippen LogP contribution in [0.2, 0.25) is 10.0 Å². The second-order valence-corrected chi connectivity index (χ2v) is 13.2. The zero-order valence-corrected chi connectivity index (χ0v) is 33.0. The van der Waals surface area contributed by atoms with Gasteiger partial charge in [0.2, 0.25) is 5.95 Å². The van der Waals surface area contributed by atoms with Crippen LogP contribution >= 0.6 is 23.2 Å². The third-order valence-corrected chi connectivity index (χ3v) is 8.79. The maximum Gasteiger partial charge on any atom is 1.00 e. The van der Waals surface area contributed by atoms with Crippen molar-refractivity contribution in [2.24, 2.45) is 10.2 Å². The first-order valence-electron chi connectivity index (χ1n) is 13.5. The summed E-state index contributed by atoms with van der Waals surface area (Å²) in [5.41, 5.74) is 1.64. The van der Waals surface area contributed by atoms with Gasteiger partial charge in [0.05, 0.1) is 25.5 Å². The van der Waals surface area contributed by atoms with Gasteiger partial charge in [-0.05, 0) is 56.0 Å². The zero-order valence-electron chi connectivity index (χ0n) is 25.9. The molecule has 0 aliphatic rings. The number of aromatic nitrogens is 2. The molecular weight excluding hydrogens is 685 g/mol. The van der Waals surface area contributed by atoms with Gasteiger partial charge >= 0.3 is 59.1 Å². The Bertz CT molecular complexity index is 1670. The van der Waals surface area contributed by atoms with Crippen molar-refractivity contribution in [2.75, 3.05) is 29.9 Å². The molecule has 0 radical (unpaired) electrons. The minimum Gasteiger partial charge on any atom is -0.744 e. The van der Waals surface area contributed by atoms with Crippen molar-refractivity contribution < 1.29 is 85.1 Å². The van der Waals surface area contributed by atoms with Gasteiger partial charge in [-0.2, -0.15) is 4.98 Å². The van der Waals surface area contributed by atoms with E-state index in [0.29, 0.717) is 36.1 Å². The van der Waals surface area contributed by atoms with Crippen LogP contribution in [0.3, 0.4) is 0 Å². The molecule has 0 unspecified atom stereocenters. The topological polar surface area (TPSA) is 180 Å². The molecule has 18 heteroatoms. The van der Waals surface area contributed by atoms with Crippen molar-refractivity contribution in [2.45, 2.75) is 62.7 Å². The summed E-state index contributed by atoms with van der Waals surface area (Å²) in [6.07, 6.45) is 4.39.